The van der Waals surface area contributed by atoms with Crippen LogP contribution >= 0.6 is 11.8 Å². The lowest BCUT2D eigenvalue weighted by molar-refractivity contribution is -0.115. The Morgan fingerprint density at radius 2 is 1.91 bits per heavy atom. The predicted octanol–water partition coefficient (Wildman–Crippen LogP) is 4.21. The SMILES string of the molecule is CCOc1ccc(NC(=O)[C@H](C)Sc2ccccc2)cc1OC. The van der Waals surface area contributed by atoms with Gasteiger partial charge in [0, 0.05) is 16.6 Å². The molecule has 2 aromatic rings. The summed E-state index contributed by atoms with van der Waals surface area (Å²) in [5.74, 6) is 1.22. The maximum Gasteiger partial charge on any atom is 0.237 e. The van der Waals surface area contributed by atoms with E-state index in [-0.39, 0.29) is 11.2 Å². The molecule has 1 atom stereocenters. The second kappa shape index (κ2) is 8.48. The van der Waals surface area contributed by atoms with E-state index in [1.165, 1.54) is 11.8 Å². The molecule has 0 unspecified atom stereocenters. The first kappa shape index (κ1) is 17.2. The third kappa shape index (κ3) is 4.93. The lowest BCUT2D eigenvalue weighted by atomic mass is 10.2. The zero-order chi connectivity index (χ0) is 16.7. The van der Waals surface area contributed by atoms with E-state index < -0.39 is 0 Å². The van der Waals surface area contributed by atoms with Gasteiger partial charge in [-0.15, -0.1) is 11.8 Å². The third-order valence-electron chi connectivity index (χ3n) is 3.16. The van der Waals surface area contributed by atoms with Crippen LogP contribution in [0.3, 0.4) is 0 Å². The zero-order valence-electron chi connectivity index (χ0n) is 13.5. The average Bonchev–Trinajstić information content (AvgIpc) is 2.57. The fraction of sp³-hybridized carbons (Fsp3) is 0.278. The molecule has 1 N–H and O–H groups in total. The van der Waals surface area contributed by atoms with Gasteiger partial charge in [0.2, 0.25) is 5.91 Å². The molecular weight excluding hydrogens is 310 g/mol. The quantitative estimate of drug-likeness (QED) is 0.772. The Labute approximate surface area is 141 Å². The topological polar surface area (TPSA) is 47.6 Å². The van der Waals surface area contributed by atoms with Crippen molar-refractivity contribution in [1.29, 1.82) is 0 Å². The van der Waals surface area contributed by atoms with Crippen molar-refractivity contribution in [3.05, 3.63) is 48.5 Å². The van der Waals surface area contributed by atoms with Crippen LogP contribution in [0.2, 0.25) is 0 Å². The number of benzene rings is 2. The van der Waals surface area contributed by atoms with E-state index in [9.17, 15) is 4.79 Å². The van der Waals surface area contributed by atoms with Crippen molar-refractivity contribution in [2.75, 3.05) is 19.0 Å². The van der Waals surface area contributed by atoms with Crippen LogP contribution in [0.4, 0.5) is 5.69 Å². The minimum Gasteiger partial charge on any atom is -0.493 e. The lowest BCUT2D eigenvalue weighted by Crippen LogP contribution is -2.22. The molecule has 0 saturated carbocycles. The molecule has 2 rings (SSSR count). The molecule has 0 spiro atoms. The summed E-state index contributed by atoms with van der Waals surface area (Å²) in [6.45, 7) is 4.36. The number of hydrogen-bond donors (Lipinski definition) is 1. The van der Waals surface area contributed by atoms with Gasteiger partial charge in [-0.1, -0.05) is 18.2 Å². The van der Waals surface area contributed by atoms with Crippen molar-refractivity contribution in [2.24, 2.45) is 0 Å². The number of ether oxygens (including phenoxy) is 2. The molecule has 0 aliphatic rings. The van der Waals surface area contributed by atoms with E-state index in [1.807, 2.05) is 50.2 Å². The molecule has 2 aromatic carbocycles. The van der Waals surface area contributed by atoms with E-state index in [2.05, 4.69) is 5.32 Å². The fourth-order valence-electron chi connectivity index (χ4n) is 2.02. The Morgan fingerprint density at radius 1 is 1.17 bits per heavy atom. The lowest BCUT2D eigenvalue weighted by Gasteiger charge is -2.14. The van der Waals surface area contributed by atoms with Crippen LogP contribution < -0.4 is 14.8 Å². The van der Waals surface area contributed by atoms with Crippen molar-refractivity contribution < 1.29 is 14.3 Å². The van der Waals surface area contributed by atoms with Gasteiger partial charge in [-0.2, -0.15) is 0 Å². The number of nitrogens with one attached hydrogen (secondary N) is 1. The second-order valence-electron chi connectivity index (χ2n) is 4.86. The van der Waals surface area contributed by atoms with Gasteiger partial charge in [0.15, 0.2) is 11.5 Å². The van der Waals surface area contributed by atoms with E-state index >= 15 is 0 Å². The molecule has 23 heavy (non-hydrogen) atoms. The van der Waals surface area contributed by atoms with Gasteiger partial charge in [0.1, 0.15) is 0 Å². The molecule has 0 aliphatic heterocycles. The van der Waals surface area contributed by atoms with Crippen molar-refractivity contribution in [3.63, 3.8) is 0 Å². The van der Waals surface area contributed by atoms with E-state index in [0.717, 1.165) is 4.90 Å². The highest BCUT2D eigenvalue weighted by molar-refractivity contribution is 8.00. The maximum absolute atomic E-state index is 12.3. The molecule has 0 radical (unpaired) electrons. The maximum atomic E-state index is 12.3. The zero-order valence-corrected chi connectivity index (χ0v) is 14.4. The number of carbonyl (C=O) groups excluding carboxylic acids is 1. The van der Waals surface area contributed by atoms with Crippen molar-refractivity contribution in [2.45, 2.75) is 24.0 Å². The summed E-state index contributed by atoms with van der Waals surface area (Å²) in [7, 11) is 1.58. The van der Waals surface area contributed by atoms with Crippen LogP contribution in [-0.4, -0.2) is 24.9 Å². The number of amides is 1. The Bertz CT molecular complexity index is 646. The molecule has 122 valence electrons. The summed E-state index contributed by atoms with van der Waals surface area (Å²) in [5, 5.41) is 2.71. The number of thioether (sulfide) groups is 1. The number of anilines is 1. The fourth-order valence-corrected chi connectivity index (χ4v) is 2.91. The summed E-state index contributed by atoms with van der Waals surface area (Å²) in [5.41, 5.74) is 0.691. The summed E-state index contributed by atoms with van der Waals surface area (Å²) >= 11 is 1.52. The van der Waals surface area contributed by atoms with Crippen LogP contribution in [0, 0.1) is 0 Å². The third-order valence-corrected chi connectivity index (χ3v) is 4.27. The highest BCUT2D eigenvalue weighted by atomic mass is 32.2. The average molecular weight is 331 g/mol. The molecule has 0 aliphatic carbocycles. The largest absolute Gasteiger partial charge is 0.493 e. The number of hydrogen-bond acceptors (Lipinski definition) is 4. The van der Waals surface area contributed by atoms with Gasteiger partial charge >= 0.3 is 0 Å². The van der Waals surface area contributed by atoms with Crippen LogP contribution in [0.25, 0.3) is 0 Å². The molecule has 0 bridgehead atoms. The minimum absolute atomic E-state index is 0.0509. The molecular formula is C18H21NO3S. The van der Waals surface area contributed by atoms with Gasteiger partial charge < -0.3 is 14.8 Å². The van der Waals surface area contributed by atoms with Gasteiger partial charge in [-0.05, 0) is 38.1 Å². The Hall–Kier alpha value is -2.14. The molecule has 0 fully saturated rings. The Balaban J connectivity index is 2.01. The summed E-state index contributed by atoms with van der Waals surface area (Å²) < 4.78 is 10.8. The highest BCUT2D eigenvalue weighted by Crippen LogP contribution is 2.31. The molecule has 4 nitrogen and oxygen atoms in total. The summed E-state index contributed by atoms with van der Waals surface area (Å²) in [6.07, 6.45) is 0. The van der Waals surface area contributed by atoms with E-state index in [1.54, 1.807) is 19.2 Å². The van der Waals surface area contributed by atoms with Crippen LogP contribution in [0.15, 0.2) is 53.4 Å². The smallest absolute Gasteiger partial charge is 0.237 e. The summed E-state index contributed by atoms with van der Waals surface area (Å²) in [4.78, 5) is 13.4. The monoisotopic (exact) mass is 331 g/mol. The standard InChI is InChI=1S/C18H21NO3S/c1-4-22-16-11-10-14(12-17(16)21-3)19-18(20)13(2)23-15-8-6-5-7-9-15/h5-13H,4H2,1-3H3,(H,19,20)/t13-/m0/s1. The van der Waals surface area contributed by atoms with Crippen LogP contribution in [0.1, 0.15) is 13.8 Å². The minimum atomic E-state index is -0.199. The molecule has 0 aromatic heterocycles. The normalized spacial score (nSPS) is 11.6. The number of carbonyl (C=O) groups is 1. The van der Waals surface area contributed by atoms with Crippen LogP contribution in [-0.2, 0) is 4.79 Å². The number of methoxy groups -OCH3 is 1. The summed E-state index contributed by atoms with van der Waals surface area (Å²) in [6, 6.07) is 15.2. The first-order chi connectivity index (χ1) is 11.1. The highest BCUT2D eigenvalue weighted by Gasteiger charge is 2.15. The van der Waals surface area contributed by atoms with Crippen molar-refractivity contribution >= 4 is 23.4 Å². The second-order valence-corrected chi connectivity index (χ2v) is 6.28. The van der Waals surface area contributed by atoms with Crippen LogP contribution in [0.5, 0.6) is 11.5 Å². The molecule has 0 heterocycles. The van der Waals surface area contributed by atoms with Gasteiger partial charge in [-0.25, -0.2) is 0 Å². The van der Waals surface area contributed by atoms with Crippen molar-refractivity contribution in [1.82, 2.24) is 0 Å². The van der Waals surface area contributed by atoms with E-state index in [4.69, 9.17) is 9.47 Å². The van der Waals surface area contributed by atoms with Gasteiger partial charge in [0.05, 0.1) is 19.0 Å². The first-order valence-electron chi connectivity index (χ1n) is 7.47. The predicted molar refractivity (Wildman–Crippen MR) is 94.6 cm³/mol. The molecule has 1 amide bonds. The molecule has 0 saturated heterocycles. The molecule has 5 heteroatoms. The van der Waals surface area contributed by atoms with E-state index in [0.29, 0.717) is 23.8 Å². The van der Waals surface area contributed by atoms with Crippen molar-refractivity contribution in [3.8, 4) is 11.5 Å². The Morgan fingerprint density at radius 3 is 2.57 bits per heavy atom. The first-order valence-corrected chi connectivity index (χ1v) is 8.35. The van der Waals surface area contributed by atoms with Gasteiger partial charge in [0.25, 0.3) is 0 Å². The Kier molecular flexibility index (Phi) is 6.35. The number of rotatable bonds is 7. The van der Waals surface area contributed by atoms with Gasteiger partial charge in [-0.3, -0.25) is 4.79 Å².